The summed E-state index contributed by atoms with van der Waals surface area (Å²) < 4.78 is 6.75. The lowest BCUT2D eigenvalue weighted by atomic mass is 10.1. The molecule has 0 aliphatic carbocycles. The molecule has 0 atom stereocenters. The molecule has 1 aromatic heterocycles. The van der Waals surface area contributed by atoms with Gasteiger partial charge in [-0.25, -0.2) is 0 Å². The quantitative estimate of drug-likeness (QED) is 0.714. The fourth-order valence-corrected chi connectivity index (χ4v) is 2.27. The fourth-order valence-electron chi connectivity index (χ4n) is 1.91. The molecule has 0 aliphatic rings. The predicted molar refractivity (Wildman–Crippen MR) is 80.4 cm³/mol. The van der Waals surface area contributed by atoms with Crippen LogP contribution in [0.5, 0.6) is 11.5 Å². The van der Waals surface area contributed by atoms with Gasteiger partial charge in [-0.3, -0.25) is 4.98 Å². The van der Waals surface area contributed by atoms with Crippen molar-refractivity contribution in [3.05, 3.63) is 59.3 Å². The summed E-state index contributed by atoms with van der Waals surface area (Å²) in [6.45, 7) is 0. The SMILES string of the molecule is Nc1c(Oc2ccccc2Br)ccc2cnccc12. The van der Waals surface area contributed by atoms with E-state index in [0.717, 1.165) is 21.0 Å². The summed E-state index contributed by atoms with van der Waals surface area (Å²) in [4.78, 5) is 4.08. The zero-order chi connectivity index (χ0) is 13.2. The summed E-state index contributed by atoms with van der Waals surface area (Å²) >= 11 is 3.45. The second kappa shape index (κ2) is 4.90. The first-order valence-corrected chi connectivity index (χ1v) is 6.59. The first kappa shape index (κ1) is 12.0. The van der Waals surface area contributed by atoms with Gasteiger partial charge in [0.1, 0.15) is 5.75 Å². The van der Waals surface area contributed by atoms with Crippen molar-refractivity contribution in [3.63, 3.8) is 0 Å². The molecule has 3 aromatic rings. The molecule has 0 fully saturated rings. The number of nitrogens with zero attached hydrogens (tertiary/aromatic N) is 1. The minimum atomic E-state index is 0.621. The third kappa shape index (κ3) is 2.27. The van der Waals surface area contributed by atoms with E-state index >= 15 is 0 Å². The molecule has 2 N–H and O–H groups in total. The Hall–Kier alpha value is -2.07. The highest BCUT2D eigenvalue weighted by Gasteiger charge is 2.08. The van der Waals surface area contributed by atoms with Gasteiger partial charge in [-0.2, -0.15) is 0 Å². The van der Waals surface area contributed by atoms with Crippen molar-refractivity contribution in [2.45, 2.75) is 0 Å². The van der Waals surface area contributed by atoms with Crippen LogP contribution >= 0.6 is 15.9 Å². The summed E-state index contributed by atoms with van der Waals surface area (Å²) in [6, 6.07) is 13.4. The Morgan fingerprint density at radius 1 is 1.00 bits per heavy atom. The lowest BCUT2D eigenvalue weighted by Crippen LogP contribution is -1.94. The number of rotatable bonds is 2. The number of hydrogen-bond donors (Lipinski definition) is 1. The molecule has 0 aliphatic heterocycles. The van der Waals surface area contributed by atoms with Gasteiger partial charge in [-0.15, -0.1) is 0 Å². The minimum Gasteiger partial charge on any atom is -0.454 e. The summed E-state index contributed by atoms with van der Waals surface area (Å²) in [5.74, 6) is 1.38. The van der Waals surface area contributed by atoms with Crippen LogP contribution in [0, 0.1) is 0 Å². The number of halogens is 1. The van der Waals surface area contributed by atoms with Gasteiger partial charge in [0.15, 0.2) is 5.75 Å². The van der Waals surface area contributed by atoms with E-state index in [1.54, 1.807) is 12.4 Å². The van der Waals surface area contributed by atoms with E-state index in [4.69, 9.17) is 10.5 Å². The molecule has 3 nitrogen and oxygen atoms in total. The van der Waals surface area contributed by atoms with Crippen LogP contribution in [0.25, 0.3) is 10.8 Å². The molecule has 4 heteroatoms. The summed E-state index contributed by atoms with van der Waals surface area (Å²) in [7, 11) is 0. The van der Waals surface area contributed by atoms with Crippen molar-refractivity contribution < 1.29 is 4.74 Å². The number of nitrogens with two attached hydrogens (primary N) is 1. The molecule has 3 rings (SSSR count). The van der Waals surface area contributed by atoms with Crippen molar-refractivity contribution >= 4 is 32.4 Å². The second-order valence-electron chi connectivity index (χ2n) is 4.11. The largest absolute Gasteiger partial charge is 0.454 e. The number of aromatic nitrogens is 1. The molecule has 2 aromatic carbocycles. The van der Waals surface area contributed by atoms with Gasteiger partial charge in [0.2, 0.25) is 0 Å². The molecule has 1 heterocycles. The van der Waals surface area contributed by atoms with E-state index in [0.29, 0.717) is 11.4 Å². The normalized spacial score (nSPS) is 10.6. The molecular formula is C15H11BrN2O. The Balaban J connectivity index is 2.07. The number of benzene rings is 2. The molecule has 0 radical (unpaired) electrons. The van der Waals surface area contributed by atoms with Crippen LogP contribution in [0.1, 0.15) is 0 Å². The van der Waals surface area contributed by atoms with Crippen LogP contribution in [0.15, 0.2) is 59.3 Å². The van der Waals surface area contributed by atoms with E-state index < -0.39 is 0 Å². The number of anilines is 1. The van der Waals surface area contributed by atoms with Crippen LogP contribution in [0.4, 0.5) is 5.69 Å². The van der Waals surface area contributed by atoms with E-state index in [2.05, 4.69) is 20.9 Å². The van der Waals surface area contributed by atoms with Crippen LogP contribution in [0.3, 0.4) is 0 Å². The lowest BCUT2D eigenvalue weighted by molar-refractivity contribution is 0.482. The fraction of sp³-hybridized carbons (Fsp3) is 0. The van der Waals surface area contributed by atoms with Gasteiger partial charge in [0.05, 0.1) is 10.2 Å². The van der Waals surface area contributed by atoms with Crippen LogP contribution < -0.4 is 10.5 Å². The maximum Gasteiger partial charge on any atom is 0.151 e. The Morgan fingerprint density at radius 3 is 2.68 bits per heavy atom. The highest BCUT2D eigenvalue weighted by atomic mass is 79.9. The number of ether oxygens (including phenoxy) is 1. The zero-order valence-corrected chi connectivity index (χ0v) is 11.6. The van der Waals surface area contributed by atoms with Gasteiger partial charge in [-0.05, 0) is 46.3 Å². The Bertz CT molecular complexity index is 743. The molecule has 0 bridgehead atoms. The van der Waals surface area contributed by atoms with Crippen molar-refractivity contribution in [3.8, 4) is 11.5 Å². The standard InChI is InChI=1S/C15H11BrN2O/c16-12-3-1-2-4-13(12)19-14-6-5-10-9-18-8-7-11(10)15(14)17/h1-9H,17H2. The topological polar surface area (TPSA) is 48.1 Å². The molecule has 0 amide bonds. The monoisotopic (exact) mass is 314 g/mol. The molecule has 94 valence electrons. The number of fused-ring (bicyclic) bond motifs is 1. The third-order valence-corrected chi connectivity index (χ3v) is 3.53. The number of hydrogen-bond acceptors (Lipinski definition) is 3. The highest BCUT2D eigenvalue weighted by Crippen LogP contribution is 2.35. The van der Waals surface area contributed by atoms with Crippen LogP contribution in [0.2, 0.25) is 0 Å². The zero-order valence-electron chi connectivity index (χ0n) is 10.0. The molecule has 0 saturated heterocycles. The summed E-state index contributed by atoms with van der Waals surface area (Å²) in [6.07, 6.45) is 3.51. The van der Waals surface area contributed by atoms with Gasteiger partial charge in [0, 0.05) is 23.2 Å². The molecule has 19 heavy (non-hydrogen) atoms. The average molecular weight is 315 g/mol. The van der Waals surface area contributed by atoms with E-state index in [1.807, 2.05) is 42.5 Å². The maximum absolute atomic E-state index is 6.15. The van der Waals surface area contributed by atoms with Crippen LogP contribution in [-0.2, 0) is 0 Å². The lowest BCUT2D eigenvalue weighted by Gasteiger charge is -2.11. The second-order valence-corrected chi connectivity index (χ2v) is 4.96. The number of pyridine rings is 1. The highest BCUT2D eigenvalue weighted by molar-refractivity contribution is 9.10. The molecule has 0 saturated carbocycles. The van der Waals surface area contributed by atoms with Gasteiger partial charge >= 0.3 is 0 Å². The van der Waals surface area contributed by atoms with E-state index in [1.165, 1.54) is 0 Å². The average Bonchev–Trinajstić information content (AvgIpc) is 2.44. The molecule has 0 unspecified atom stereocenters. The van der Waals surface area contributed by atoms with Gasteiger partial charge < -0.3 is 10.5 Å². The molecular weight excluding hydrogens is 304 g/mol. The van der Waals surface area contributed by atoms with Crippen molar-refractivity contribution in [1.82, 2.24) is 4.98 Å². The van der Waals surface area contributed by atoms with Crippen molar-refractivity contribution in [2.75, 3.05) is 5.73 Å². The maximum atomic E-state index is 6.15. The minimum absolute atomic E-state index is 0.621. The Labute approximate surface area is 119 Å². The Kier molecular flexibility index (Phi) is 3.09. The molecule has 0 spiro atoms. The number of nitrogen functional groups attached to an aromatic ring is 1. The Morgan fingerprint density at radius 2 is 1.84 bits per heavy atom. The van der Waals surface area contributed by atoms with Gasteiger partial charge in [0.25, 0.3) is 0 Å². The van der Waals surface area contributed by atoms with Crippen molar-refractivity contribution in [2.24, 2.45) is 0 Å². The predicted octanol–water partition coefficient (Wildman–Crippen LogP) is 4.37. The van der Waals surface area contributed by atoms with Crippen LogP contribution in [-0.4, -0.2) is 4.98 Å². The smallest absolute Gasteiger partial charge is 0.151 e. The van der Waals surface area contributed by atoms with E-state index in [9.17, 15) is 0 Å². The van der Waals surface area contributed by atoms with Crippen molar-refractivity contribution in [1.29, 1.82) is 0 Å². The first-order chi connectivity index (χ1) is 9.25. The third-order valence-electron chi connectivity index (χ3n) is 2.88. The summed E-state index contributed by atoms with van der Waals surface area (Å²) in [5, 5.41) is 1.94. The van der Waals surface area contributed by atoms with Gasteiger partial charge in [-0.1, -0.05) is 12.1 Å². The summed E-state index contributed by atoms with van der Waals surface area (Å²) in [5.41, 5.74) is 6.77. The first-order valence-electron chi connectivity index (χ1n) is 5.80. The number of para-hydroxylation sites is 1. The van der Waals surface area contributed by atoms with E-state index in [-0.39, 0.29) is 0 Å².